The second-order valence-electron chi connectivity index (χ2n) is 3.88. The minimum atomic E-state index is 0.350. The van der Waals surface area contributed by atoms with Gasteiger partial charge in [0.25, 0.3) is 0 Å². The van der Waals surface area contributed by atoms with Crippen LogP contribution in [0.25, 0.3) is 0 Å². The summed E-state index contributed by atoms with van der Waals surface area (Å²) >= 11 is 11.6. The van der Waals surface area contributed by atoms with Gasteiger partial charge in [-0.3, -0.25) is 0 Å². The van der Waals surface area contributed by atoms with Gasteiger partial charge in [0.05, 0.1) is 5.69 Å². The highest BCUT2D eigenvalue weighted by Gasteiger charge is 2.19. The molecule has 88 valence electrons. The van der Waals surface area contributed by atoms with Crippen molar-refractivity contribution in [2.24, 2.45) is 0 Å². The number of hydrogen-bond donors (Lipinski definition) is 2. The lowest BCUT2D eigenvalue weighted by atomic mass is 10.4. The molecule has 0 atom stereocenters. The average molecular weight is 261 g/mol. The van der Waals surface area contributed by atoms with Gasteiger partial charge in [-0.1, -0.05) is 23.2 Å². The molecule has 1 aromatic heterocycles. The second kappa shape index (κ2) is 5.66. The van der Waals surface area contributed by atoms with Crippen molar-refractivity contribution in [1.82, 2.24) is 15.5 Å². The van der Waals surface area contributed by atoms with Gasteiger partial charge in [0.15, 0.2) is 10.3 Å². The minimum absolute atomic E-state index is 0.350. The fourth-order valence-electron chi connectivity index (χ4n) is 1.38. The summed E-state index contributed by atoms with van der Waals surface area (Å²) in [6.45, 7) is 1.88. The van der Waals surface area contributed by atoms with Crippen LogP contribution in [-0.4, -0.2) is 29.3 Å². The first kappa shape index (κ1) is 11.9. The summed E-state index contributed by atoms with van der Waals surface area (Å²) in [7, 11) is 0. The quantitative estimate of drug-likeness (QED) is 0.772. The fourth-order valence-corrected chi connectivity index (χ4v) is 1.69. The number of hydrogen-bond acceptors (Lipinski definition) is 4. The van der Waals surface area contributed by atoms with Crippen LogP contribution >= 0.6 is 23.2 Å². The van der Waals surface area contributed by atoms with Crippen molar-refractivity contribution in [2.45, 2.75) is 25.3 Å². The fraction of sp³-hybridized carbons (Fsp3) is 0.600. The molecule has 1 aliphatic carbocycles. The first-order valence-corrected chi connectivity index (χ1v) is 6.17. The molecule has 1 heterocycles. The van der Waals surface area contributed by atoms with Crippen molar-refractivity contribution in [3.63, 3.8) is 0 Å². The Morgan fingerprint density at radius 2 is 2.06 bits per heavy atom. The van der Waals surface area contributed by atoms with Crippen LogP contribution in [0.1, 0.15) is 19.3 Å². The molecule has 1 aromatic rings. The smallest absolute Gasteiger partial charge is 0.174 e. The SMILES string of the molecule is Clc1cc(NCCCNC2CC2)c(Cl)nn1. The summed E-state index contributed by atoms with van der Waals surface area (Å²) in [6.07, 6.45) is 3.69. The maximum Gasteiger partial charge on any atom is 0.174 e. The Labute approximate surface area is 105 Å². The van der Waals surface area contributed by atoms with E-state index in [1.54, 1.807) is 6.07 Å². The van der Waals surface area contributed by atoms with Crippen LogP contribution in [0.3, 0.4) is 0 Å². The molecule has 4 nitrogen and oxygen atoms in total. The zero-order valence-electron chi connectivity index (χ0n) is 8.84. The molecule has 2 rings (SSSR count). The minimum Gasteiger partial charge on any atom is -0.382 e. The topological polar surface area (TPSA) is 49.8 Å². The Morgan fingerprint density at radius 3 is 2.81 bits per heavy atom. The summed E-state index contributed by atoms with van der Waals surface area (Å²) in [5.41, 5.74) is 0.744. The monoisotopic (exact) mass is 260 g/mol. The number of halogens is 2. The lowest BCUT2D eigenvalue weighted by Gasteiger charge is -2.07. The molecule has 0 bridgehead atoms. The summed E-state index contributed by atoms with van der Waals surface area (Å²) in [4.78, 5) is 0. The van der Waals surface area contributed by atoms with E-state index in [1.807, 2.05) is 0 Å². The number of aromatic nitrogens is 2. The Kier molecular flexibility index (Phi) is 4.21. The highest BCUT2D eigenvalue weighted by Crippen LogP contribution is 2.20. The predicted molar refractivity (Wildman–Crippen MR) is 66.2 cm³/mol. The van der Waals surface area contributed by atoms with Gasteiger partial charge in [-0.2, -0.15) is 0 Å². The van der Waals surface area contributed by atoms with E-state index in [9.17, 15) is 0 Å². The molecule has 0 radical (unpaired) electrons. The molecule has 1 aliphatic rings. The summed E-state index contributed by atoms with van der Waals surface area (Å²) in [5.74, 6) is 0. The molecule has 16 heavy (non-hydrogen) atoms. The van der Waals surface area contributed by atoms with Gasteiger partial charge < -0.3 is 10.6 Å². The molecule has 1 fully saturated rings. The highest BCUT2D eigenvalue weighted by atomic mass is 35.5. The summed E-state index contributed by atoms with van der Waals surface area (Å²) in [5, 5.41) is 14.7. The molecular formula is C10H14Cl2N4. The molecular weight excluding hydrogens is 247 g/mol. The lowest BCUT2D eigenvalue weighted by Crippen LogP contribution is -2.20. The van der Waals surface area contributed by atoms with Gasteiger partial charge in [0, 0.05) is 18.7 Å². The maximum absolute atomic E-state index is 5.86. The van der Waals surface area contributed by atoms with Crippen LogP contribution in [0, 0.1) is 0 Å². The van der Waals surface area contributed by atoms with Gasteiger partial charge in [0.2, 0.25) is 0 Å². The van der Waals surface area contributed by atoms with Crippen molar-refractivity contribution in [3.05, 3.63) is 16.4 Å². The van der Waals surface area contributed by atoms with Crippen LogP contribution in [0.4, 0.5) is 5.69 Å². The van der Waals surface area contributed by atoms with Gasteiger partial charge in [-0.15, -0.1) is 10.2 Å². The zero-order chi connectivity index (χ0) is 11.4. The molecule has 0 amide bonds. The standard InChI is InChI=1S/C10H14Cl2N4/c11-9-6-8(10(12)16-15-9)14-5-1-4-13-7-2-3-7/h6-7,13H,1-5H2,(H,14,15). The molecule has 0 saturated heterocycles. The van der Waals surface area contributed by atoms with Gasteiger partial charge >= 0.3 is 0 Å². The van der Waals surface area contributed by atoms with Crippen molar-refractivity contribution in [1.29, 1.82) is 0 Å². The third-order valence-electron chi connectivity index (χ3n) is 2.40. The molecule has 2 N–H and O–H groups in total. The number of anilines is 1. The van der Waals surface area contributed by atoms with E-state index in [2.05, 4.69) is 20.8 Å². The summed E-state index contributed by atoms with van der Waals surface area (Å²) in [6, 6.07) is 2.45. The largest absolute Gasteiger partial charge is 0.382 e. The van der Waals surface area contributed by atoms with Gasteiger partial charge in [-0.25, -0.2) is 0 Å². The molecule has 0 aliphatic heterocycles. The van der Waals surface area contributed by atoms with E-state index in [0.29, 0.717) is 10.3 Å². The normalized spacial score (nSPS) is 15.1. The highest BCUT2D eigenvalue weighted by molar-refractivity contribution is 6.33. The molecule has 0 aromatic carbocycles. The average Bonchev–Trinajstić information content (AvgIpc) is 3.06. The van der Waals surface area contributed by atoms with Crippen LogP contribution in [0.15, 0.2) is 6.07 Å². The number of rotatable bonds is 6. The Balaban J connectivity index is 1.69. The van der Waals surface area contributed by atoms with Gasteiger partial charge in [0.1, 0.15) is 0 Å². The van der Waals surface area contributed by atoms with E-state index in [0.717, 1.165) is 31.2 Å². The van der Waals surface area contributed by atoms with Crippen molar-refractivity contribution < 1.29 is 0 Å². The van der Waals surface area contributed by atoms with E-state index < -0.39 is 0 Å². The van der Waals surface area contributed by atoms with E-state index >= 15 is 0 Å². The first-order valence-electron chi connectivity index (χ1n) is 5.41. The van der Waals surface area contributed by atoms with Crippen molar-refractivity contribution in [2.75, 3.05) is 18.4 Å². The Morgan fingerprint density at radius 1 is 1.25 bits per heavy atom. The first-order chi connectivity index (χ1) is 7.75. The number of nitrogens with zero attached hydrogens (tertiary/aromatic N) is 2. The van der Waals surface area contributed by atoms with Crippen molar-refractivity contribution >= 4 is 28.9 Å². The zero-order valence-corrected chi connectivity index (χ0v) is 10.4. The van der Waals surface area contributed by atoms with Crippen LogP contribution in [0.5, 0.6) is 0 Å². The van der Waals surface area contributed by atoms with Crippen LogP contribution in [0.2, 0.25) is 10.3 Å². The van der Waals surface area contributed by atoms with Crippen molar-refractivity contribution in [3.8, 4) is 0 Å². The second-order valence-corrected chi connectivity index (χ2v) is 4.63. The molecule has 0 unspecified atom stereocenters. The maximum atomic E-state index is 5.86. The van der Waals surface area contributed by atoms with Crippen LogP contribution < -0.4 is 10.6 Å². The van der Waals surface area contributed by atoms with Crippen LogP contribution in [-0.2, 0) is 0 Å². The third kappa shape index (κ3) is 3.77. The predicted octanol–water partition coefficient (Wildman–Crippen LogP) is 2.34. The Bertz CT molecular complexity index is 355. The lowest BCUT2D eigenvalue weighted by molar-refractivity contribution is 0.659. The third-order valence-corrected chi connectivity index (χ3v) is 2.86. The molecule has 6 heteroatoms. The molecule has 1 saturated carbocycles. The Hall–Kier alpha value is -0.580. The molecule has 0 spiro atoms. The van der Waals surface area contributed by atoms with E-state index in [4.69, 9.17) is 23.2 Å². The van der Waals surface area contributed by atoms with Gasteiger partial charge in [-0.05, 0) is 25.8 Å². The number of nitrogens with one attached hydrogen (secondary N) is 2. The van der Waals surface area contributed by atoms with E-state index in [1.165, 1.54) is 12.8 Å². The summed E-state index contributed by atoms with van der Waals surface area (Å²) < 4.78 is 0. The van der Waals surface area contributed by atoms with E-state index in [-0.39, 0.29) is 0 Å².